The van der Waals surface area contributed by atoms with Gasteiger partial charge in [-0.25, -0.2) is 0 Å². The lowest BCUT2D eigenvalue weighted by Gasteiger charge is -2.38. The van der Waals surface area contributed by atoms with E-state index in [4.69, 9.17) is 0 Å². The molecule has 1 N–H and O–H groups in total. The summed E-state index contributed by atoms with van der Waals surface area (Å²) in [5, 5.41) is 9.30. The van der Waals surface area contributed by atoms with E-state index in [0.717, 1.165) is 12.0 Å². The summed E-state index contributed by atoms with van der Waals surface area (Å²) in [4.78, 5) is 25.3. The molecule has 4 nitrogen and oxygen atoms in total. The highest BCUT2D eigenvalue weighted by molar-refractivity contribution is 5.85. The van der Waals surface area contributed by atoms with Crippen molar-refractivity contribution in [2.45, 2.75) is 38.6 Å². The molecule has 0 saturated heterocycles. The Kier molecular flexibility index (Phi) is 4.12. The van der Waals surface area contributed by atoms with Gasteiger partial charge in [-0.15, -0.1) is 0 Å². The van der Waals surface area contributed by atoms with Crippen LogP contribution in [0.5, 0.6) is 0 Å². The average Bonchev–Trinajstić information content (AvgIpc) is 2.41. The molecule has 1 atom stereocenters. The fraction of sp³-hybridized carbons (Fsp3) is 0.500. The van der Waals surface area contributed by atoms with Crippen LogP contribution < -0.4 is 0 Å². The quantitative estimate of drug-likeness (QED) is 0.899. The molecule has 1 amide bonds. The Morgan fingerprint density at radius 1 is 1.30 bits per heavy atom. The average molecular weight is 275 g/mol. The Labute approximate surface area is 119 Å². The number of nitrogens with zero attached hydrogens (tertiary/aromatic N) is 1. The van der Waals surface area contributed by atoms with Crippen LogP contribution in [0.1, 0.15) is 44.2 Å². The molecule has 4 heteroatoms. The van der Waals surface area contributed by atoms with E-state index >= 15 is 0 Å². The zero-order valence-corrected chi connectivity index (χ0v) is 12.0. The summed E-state index contributed by atoms with van der Waals surface area (Å²) < 4.78 is 0. The predicted molar refractivity (Wildman–Crippen MR) is 76.2 cm³/mol. The molecule has 108 valence electrons. The van der Waals surface area contributed by atoms with E-state index in [0.29, 0.717) is 12.8 Å². The topological polar surface area (TPSA) is 57.6 Å². The Hall–Kier alpha value is -1.84. The minimum atomic E-state index is -0.835. The van der Waals surface area contributed by atoms with Gasteiger partial charge < -0.3 is 10.0 Å². The number of hydrogen-bond donors (Lipinski definition) is 1. The lowest BCUT2D eigenvalue weighted by Crippen LogP contribution is -2.43. The molecule has 1 unspecified atom stereocenters. The molecule has 2 rings (SSSR count). The standard InChI is InChI=1S/C16H21NO3/c1-12(13-7-4-3-5-8-13)17(2)14(18)11-16(15(19)20)9-6-10-16/h3-5,7-8,12H,6,9-11H2,1-2H3,(H,19,20). The SMILES string of the molecule is CC(c1ccccc1)N(C)C(=O)CC1(C(=O)O)CCC1. The Bertz CT molecular complexity index is 494. The van der Waals surface area contributed by atoms with Crippen molar-refractivity contribution in [2.75, 3.05) is 7.05 Å². The molecule has 0 spiro atoms. The van der Waals surface area contributed by atoms with Gasteiger partial charge in [0.2, 0.25) is 5.91 Å². The zero-order valence-electron chi connectivity index (χ0n) is 12.0. The second kappa shape index (κ2) is 5.65. The molecule has 0 heterocycles. The van der Waals surface area contributed by atoms with Crippen LogP contribution in [-0.4, -0.2) is 28.9 Å². The van der Waals surface area contributed by atoms with Gasteiger partial charge in [-0.1, -0.05) is 36.8 Å². The molecule has 1 aliphatic rings. The van der Waals surface area contributed by atoms with Gasteiger partial charge in [-0.05, 0) is 25.3 Å². The van der Waals surface area contributed by atoms with Crippen LogP contribution in [0.2, 0.25) is 0 Å². The van der Waals surface area contributed by atoms with Crippen molar-refractivity contribution in [2.24, 2.45) is 5.41 Å². The van der Waals surface area contributed by atoms with Gasteiger partial charge in [0.15, 0.2) is 0 Å². The van der Waals surface area contributed by atoms with E-state index in [2.05, 4.69) is 0 Å². The van der Waals surface area contributed by atoms with Crippen molar-refractivity contribution in [1.82, 2.24) is 4.90 Å². The van der Waals surface area contributed by atoms with Gasteiger partial charge in [0, 0.05) is 13.5 Å². The fourth-order valence-electron chi connectivity index (χ4n) is 2.66. The summed E-state index contributed by atoms with van der Waals surface area (Å²) in [6, 6.07) is 9.72. The van der Waals surface area contributed by atoms with E-state index in [1.165, 1.54) is 0 Å². The summed E-state index contributed by atoms with van der Waals surface area (Å²) in [5.41, 5.74) is 0.239. The second-order valence-electron chi connectivity index (χ2n) is 5.71. The zero-order chi connectivity index (χ0) is 14.8. The monoisotopic (exact) mass is 275 g/mol. The van der Waals surface area contributed by atoms with Crippen molar-refractivity contribution in [3.63, 3.8) is 0 Å². The van der Waals surface area contributed by atoms with Gasteiger partial charge in [0.25, 0.3) is 0 Å². The third-order valence-corrected chi connectivity index (χ3v) is 4.51. The summed E-state index contributed by atoms with van der Waals surface area (Å²) in [5.74, 6) is -0.929. The highest BCUT2D eigenvalue weighted by atomic mass is 16.4. The number of carboxylic acids is 1. The number of hydrogen-bond acceptors (Lipinski definition) is 2. The maximum Gasteiger partial charge on any atom is 0.310 e. The number of amides is 1. The first kappa shape index (κ1) is 14.6. The summed E-state index contributed by atoms with van der Waals surface area (Å²) in [7, 11) is 1.74. The van der Waals surface area contributed by atoms with Crippen molar-refractivity contribution in [3.8, 4) is 0 Å². The Morgan fingerprint density at radius 3 is 2.35 bits per heavy atom. The fourth-order valence-corrected chi connectivity index (χ4v) is 2.66. The second-order valence-corrected chi connectivity index (χ2v) is 5.71. The van der Waals surface area contributed by atoms with Gasteiger partial charge in [-0.2, -0.15) is 0 Å². The van der Waals surface area contributed by atoms with Gasteiger partial charge in [0.1, 0.15) is 0 Å². The molecule has 0 aliphatic heterocycles. The van der Waals surface area contributed by atoms with Crippen LogP contribution in [0.15, 0.2) is 30.3 Å². The van der Waals surface area contributed by atoms with Crippen molar-refractivity contribution in [1.29, 1.82) is 0 Å². The minimum absolute atomic E-state index is 0.0466. The van der Waals surface area contributed by atoms with Crippen molar-refractivity contribution < 1.29 is 14.7 Å². The maximum absolute atomic E-state index is 12.3. The summed E-state index contributed by atoms with van der Waals surface area (Å²) in [6.45, 7) is 1.96. The minimum Gasteiger partial charge on any atom is -0.481 e. The summed E-state index contributed by atoms with van der Waals surface area (Å²) in [6.07, 6.45) is 2.23. The molecule has 0 aromatic heterocycles. The molecule has 1 aliphatic carbocycles. The number of carboxylic acid groups (broad SMARTS) is 1. The van der Waals surface area contributed by atoms with Crippen LogP contribution in [0.25, 0.3) is 0 Å². The molecule has 1 aromatic carbocycles. The molecule has 0 radical (unpaired) electrons. The van der Waals surface area contributed by atoms with E-state index in [-0.39, 0.29) is 18.4 Å². The number of carbonyl (C=O) groups excluding carboxylic acids is 1. The number of aliphatic carboxylic acids is 1. The lowest BCUT2D eigenvalue weighted by molar-refractivity contribution is -0.159. The van der Waals surface area contributed by atoms with Gasteiger partial charge in [-0.3, -0.25) is 9.59 Å². The summed E-state index contributed by atoms with van der Waals surface area (Å²) >= 11 is 0. The highest BCUT2D eigenvalue weighted by Gasteiger charge is 2.46. The van der Waals surface area contributed by atoms with E-state index in [1.807, 2.05) is 37.3 Å². The predicted octanol–water partition coefficient (Wildman–Crippen LogP) is 2.85. The first-order chi connectivity index (χ1) is 9.46. The number of rotatable bonds is 5. The molecular formula is C16H21NO3. The van der Waals surface area contributed by atoms with E-state index in [1.54, 1.807) is 11.9 Å². The third-order valence-electron chi connectivity index (χ3n) is 4.51. The molecule has 1 fully saturated rings. The molecule has 1 saturated carbocycles. The van der Waals surface area contributed by atoms with Crippen LogP contribution in [0, 0.1) is 5.41 Å². The maximum atomic E-state index is 12.3. The van der Waals surface area contributed by atoms with Crippen LogP contribution in [0.3, 0.4) is 0 Å². The highest BCUT2D eigenvalue weighted by Crippen LogP contribution is 2.44. The van der Waals surface area contributed by atoms with E-state index in [9.17, 15) is 14.7 Å². The first-order valence-corrected chi connectivity index (χ1v) is 7.00. The number of benzene rings is 1. The van der Waals surface area contributed by atoms with Crippen LogP contribution in [0.4, 0.5) is 0 Å². The normalized spacial score (nSPS) is 17.9. The van der Waals surface area contributed by atoms with Crippen molar-refractivity contribution in [3.05, 3.63) is 35.9 Å². The third kappa shape index (κ3) is 2.69. The van der Waals surface area contributed by atoms with Crippen LogP contribution >= 0.6 is 0 Å². The van der Waals surface area contributed by atoms with Crippen LogP contribution in [-0.2, 0) is 9.59 Å². The largest absolute Gasteiger partial charge is 0.481 e. The molecule has 20 heavy (non-hydrogen) atoms. The lowest BCUT2D eigenvalue weighted by atomic mass is 9.66. The first-order valence-electron chi connectivity index (χ1n) is 7.00. The molecule has 1 aromatic rings. The smallest absolute Gasteiger partial charge is 0.310 e. The molecular weight excluding hydrogens is 254 g/mol. The van der Waals surface area contributed by atoms with E-state index < -0.39 is 11.4 Å². The molecule has 0 bridgehead atoms. The Balaban J connectivity index is 2.04. The van der Waals surface area contributed by atoms with Gasteiger partial charge in [0.05, 0.1) is 11.5 Å². The van der Waals surface area contributed by atoms with Crippen molar-refractivity contribution >= 4 is 11.9 Å². The Morgan fingerprint density at radius 2 is 1.90 bits per heavy atom. The number of carbonyl (C=O) groups is 2. The van der Waals surface area contributed by atoms with Gasteiger partial charge >= 0.3 is 5.97 Å².